The first-order chi connectivity index (χ1) is 9.19. The summed E-state index contributed by atoms with van der Waals surface area (Å²) in [6, 6.07) is 4.17. The average molecular weight is 292 g/mol. The Morgan fingerprint density at radius 1 is 0.850 bits per heavy atom. The van der Waals surface area contributed by atoms with Crippen LogP contribution in [0.1, 0.15) is 11.1 Å². The predicted molar refractivity (Wildman–Crippen MR) is 57.5 cm³/mol. The van der Waals surface area contributed by atoms with Gasteiger partial charge in [-0.2, -0.15) is 26.3 Å². The smallest absolute Gasteiger partial charge is 0.255 e. The highest BCUT2D eigenvalue weighted by Gasteiger charge is 2.39. The summed E-state index contributed by atoms with van der Waals surface area (Å²) < 4.78 is 76.0. The van der Waals surface area contributed by atoms with Crippen LogP contribution < -0.4 is 0 Å². The van der Waals surface area contributed by atoms with Gasteiger partial charge in [-0.15, -0.1) is 0 Å². The summed E-state index contributed by atoms with van der Waals surface area (Å²) in [6.45, 7) is 0. The molecule has 0 aliphatic rings. The van der Waals surface area contributed by atoms with Gasteiger partial charge in [-0.25, -0.2) is 0 Å². The normalized spacial score (nSPS) is 12.5. The van der Waals surface area contributed by atoms with Crippen molar-refractivity contribution in [3.8, 4) is 11.4 Å². The van der Waals surface area contributed by atoms with E-state index in [2.05, 4.69) is 9.97 Å². The van der Waals surface area contributed by atoms with E-state index in [1.165, 1.54) is 24.4 Å². The second-order valence-electron chi connectivity index (χ2n) is 3.83. The largest absolute Gasteiger partial charge is 0.418 e. The Morgan fingerprint density at radius 3 is 2.05 bits per heavy atom. The van der Waals surface area contributed by atoms with Crippen molar-refractivity contribution < 1.29 is 26.3 Å². The molecule has 8 heteroatoms. The second-order valence-corrected chi connectivity index (χ2v) is 3.83. The number of hydrogen-bond donors (Lipinski definition) is 0. The first kappa shape index (κ1) is 14.3. The molecule has 2 nitrogen and oxygen atoms in total. The highest BCUT2D eigenvalue weighted by Crippen LogP contribution is 2.38. The van der Waals surface area contributed by atoms with E-state index >= 15 is 0 Å². The molecule has 0 unspecified atom stereocenters. The average Bonchev–Trinajstić information content (AvgIpc) is 2.37. The van der Waals surface area contributed by atoms with Gasteiger partial charge in [-0.3, -0.25) is 9.97 Å². The standard InChI is InChI=1S/C12H6F6N2/c13-11(14,15)7-5-8(12(16,17)18)10(20-6-7)9-3-1-2-4-19-9/h1-6H. The van der Waals surface area contributed by atoms with E-state index < -0.39 is 29.2 Å². The third kappa shape index (κ3) is 2.89. The molecule has 0 saturated carbocycles. The van der Waals surface area contributed by atoms with Crippen LogP contribution in [0.3, 0.4) is 0 Å². The molecular weight excluding hydrogens is 286 g/mol. The molecule has 0 atom stereocenters. The van der Waals surface area contributed by atoms with Gasteiger partial charge in [-0.1, -0.05) is 6.07 Å². The minimum atomic E-state index is -4.96. The van der Waals surface area contributed by atoms with Gasteiger partial charge in [0.1, 0.15) is 5.69 Å². The lowest BCUT2D eigenvalue weighted by molar-refractivity contribution is -0.143. The fourth-order valence-electron chi connectivity index (χ4n) is 1.54. The van der Waals surface area contributed by atoms with Gasteiger partial charge in [0.05, 0.1) is 16.8 Å². The third-order valence-corrected chi connectivity index (χ3v) is 2.43. The van der Waals surface area contributed by atoms with Crippen molar-refractivity contribution >= 4 is 0 Å². The molecule has 106 valence electrons. The molecule has 0 N–H and O–H groups in total. The number of halogens is 6. The number of pyridine rings is 2. The molecule has 0 radical (unpaired) electrons. The van der Waals surface area contributed by atoms with Crippen molar-refractivity contribution in [2.45, 2.75) is 12.4 Å². The molecule has 0 spiro atoms. The SMILES string of the molecule is FC(F)(F)c1cnc(-c2ccccn2)c(C(F)(F)F)c1. The van der Waals surface area contributed by atoms with Crippen LogP contribution in [-0.2, 0) is 12.4 Å². The Kier molecular flexibility index (Phi) is 3.41. The molecule has 0 aromatic carbocycles. The summed E-state index contributed by atoms with van der Waals surface area (Å²) in [5.41, 5.74) is -3.70. The van der Waals surface area contributed by atoms with Gasteiger partial charge < -0.3 is 0 Å². The van der Waals surface area contributed by atoms with Gasteiger partial charge in [-0.05, 0) is 18.2 Å². The molecule has 2 rings (SSSR count). The summed E-state index contributed by atoms with van der Waals surface area (Å²) in [5.74, 6) is 0. The summed E-state index contributed by atoms with van der Waals surface area (Å²) in [7, 11) is 0. The topological polar surface area (TPSA) is 25.8 Å². The van der Waals surface area contributed by atoms with Crippen molar-refractivity contribution in [2.24, 2.45) is 0 Å². The lowest BCUT2D eigenvalue weighted by Gasteiger charge is -2.14. The lowest BCUT2D eigenvalue weighted by atomic mass is 10.1. The molecule has 0 aliphatic heterocycles. The molecule has 20 heavy (non-hydrogen) atoms. The van der Waals surface area contributed by atoms with Crippen molar-refractivity contribution in [2.75, 3.05) is 0 Å². The van der Waals surface area contributed by atoms with Gasteiger partial charge in [0.2, 0.25) is 0 Å². The van der Waals surface area contributed by atoms with E-state index in [0.717, 1.165) is 0 Å². The van der Waals surface area contributed by atoms with Crippen LogP contribution in [0.5, 0.6) is 0 Å². The molecular formula is C12H6F6N2. The highest BCUT2D eigenvalue weighted by molar-refractivity contribution is 5.60. The molecule has 0 aliphatic carbocycles. The van der Waals surface area contributed by atoms with Crippen LogP contribution >= 0.6 is 0 Å². The maximum atomic E-state index is 12.9. The van der Waals surface area contributed by atoms with E-state index in [1.54, 1.807) is 0 Å². The van der Waals surface area contributed by atoms with E-state index in [1.807, 2.05) is 0 Å². The molecule has 2 aromatic heterocycles. The fourth-order valence-corrected chi connectivity index (χ4v) is 1.54. The van der Waals surface area contributed by atoms with Gasteiger partial charge in [0, 0.05) is 12.4 Å². The summed E-state index contributed by atoms with van der Waals surface area (Å²) >= 11 is 0. The molecule has 0 fully saturated rings. The third-order valence-electron chi connectivity index (χ3n) is 2.43. The Bertz CT molecular complexity index is 604. The first-order valence-electron chi connectivity index (χ1n) is 5.25. The van der Waals surface area contributed by atoms with Crippen LogP contribution in [0.2, 0.25) is 0 Å². The number of alkyl halides is 6. The highest BCUT2D eigenvalue weighted by atomic mass is 19.4. The van der Waals surface area contributed by atoms with Crippen LogP contribution in [0.4, 0.5) is 26.3 Å². The molecule has 2 heterocycles. The zero-order valence-corrected chi connectivity index (χ0v) is 9.63. The minimum Gasteiger partial charge on any atom is -0.255 e. The Labute approximate surface area is 109 Å². The predicted octanol–water partition coefficient (Wildman–Crippen LogP) is 4.18. The molecule has 0 bridgehead atoms. The van der Waals surface area contributed by atoms with Crippen molar-refractivity contribution in [3.63, 3.8) is 0 Å². The number of hydrogen-bond acceptors (Lipinski definition) is 2. The number of nitrogens with zero attached hydrogens (tertiary/aromatic N) is 2. The van der Waals surface area contributed by atoms with Gasteiger partial charge in [0.25, 0.3) is 0 Å². The summed E-state index contributed by atoms with van der Waals surface area (Å²) in [5, 5.41) is 0. The Balaban J connectivity index is 2.65. The zero-order chi connectivity index (χ0) is 15.0. The minimum absolute atomic E-state index is 0.0387. The molecule has 0 amide bonds. The number of aromatic nitrogens is 2. The van der Waals surface area contributed by atoms with Crippen molar-refractivity contribution in [1.82, 2.24) is 9.97 Å². The second kappa shape index (κ2) is 4.77. The van der Waals surface area contributed by atoms with E-state index in [4.69, 9.17) is 0 Å². The van der Waals surface area contributed by atoms with E-state index in [0.29, 0.717) is 6.20 Å². The van der Waals surface area contributed by atoms with Gasteiger partial charge in [0.15, 0.2) is 0 Å². The Hall–Kier alpha value is -2.12. The van der Waals surface area contributed by atoms with Crippen molar-refractivity contribution in [1.29, 1.82) is 0 Å². The van der Waals surface area contributed by atoms with E-state index in [-0.39, 0.29) is 11.8 Å². The maximum Gasteiger partial charge on any atom is 0.418 e. The van der Waals surface area contributed by atoms with Crippen molar-refractivity contribution in [3.05, 3.63) is 47.8 Å². The summed E-state index contributed by atoms with van der Waals surface area (Å²) in [6.07, 6.45) is -8.26. The van der Waals surface area contributed by atoms with Crippen LogP contribution in [0, 0.1) is 0 Å². The quantitative estimate of drug-likeness (QED) is 0.737. The number of rotatable bonds is 1. The first-order valence-corrected chi connectivity index (χ1v) is 5.25. The molecule has 0 saturated heterocycles. The van der Waals surface area contributed by atoms with Crippen LogP contribution in [-0.4, -0.2) is 9.97 Å². The van der Waals surface area contributed by atoms with Crippen LogP contribution in [0.25, 0.3) is 11.4 Å². The molecule has 2 aromatic rings. The monoisotopic (exact) mass is 292 g/mol. The zero-order valence-electron chi connectivity index (χ0n) is 9.63. The van der Waals surface area contributed by atoms with E-state index in [9.17, 15) is 26.3 Å². The maximum absolute atomic E-state index is 12.9. The fraction of sp³-hybridized carbons (Fsp3) is 0.167. The van der Waals surface area contributed by atoms with Gasteiger partial charge >= 0.3 is 12.4 Å². The lowest BCUT2D eigenvalue weighted by Crippen LogP contribution is -2.13. The Morgan fingerprint density at radius 2 is 1.55 bits per heavy atom. The van der Waals surface area contributed by atoms with Crippen LogP contribution in [0.15, 0.2) is 36.7 Å². The summed E-state index contributed by atoms with van der Waals surface area (Å²) in [4.78, 5) is 6.95.